The van der Waals surface area contributed by atoms with Crippen molar-refractivity contribution >= 4 is 0 Å². The Hall–Kier alpha value is -0.900. The normalized spacial score (nSPS) is 13.1. The number of nitrogens with one attached hydrogen (secondary N) is 2. The molecule has 0 aromatic carbocycles. The first-order valence-corrected chi connectivity index (χ1v) is 7.89. The predicted molar refractivity (Wildman–Crippen MR) is 80.0 cm³/mol. The number of nitrogens with zero attached hydrogens (tertiary/aromatic N) is 2. The molecule has 1 heterocycles. The van der Waals surface area contributed by atoms with E-state index in [1.165, 1.54) is 51.4 Å². The first-order chi connectivity index (χ1) is 9.27. The third-order valence-electron chi connectivity index (χ3n) is 3.64. The number of hydrogen-bond acceptors (Lipinski definition) is 3. The van der Waals surface area contributed by atoms with Gasteiger partial charge < -0.3 is 5.32 Å². The van der Waals surface area contributed by atoms with Crippen LogP contribution in [0.4, 0.5) is 0 Å². The molecule has 110 valence electrons. The molecule has 4 nitrogen and oxygen atoms in total. The minimum Gasteiger partial charge on any atom is -0.305 e. The highest BCUT2D eigenvalue weighted by molar-refractivity contribution is 4.90. The van der Waals surface area contributed by atoms with Gasteiger partial charge in [0.05, 0.1) is 6.04 Å². The summed E-state index contributed by atoms with van der Waals surface area (Å²) in [5.41, 5.74) is 0. The Kier molecular flexibility index (Phi) is 8.47. The zero-order chi connectivity index (χ0) is 13.9. The fraction of sp³-hybridized carbons (Fsp3) is 0.867. The van der Waals surface area contributed by atoms with E-state index in [0.717, 1.165) is 5.82 Å². The third kappa shape index (κ3) is 6.71. The maximum Gasteiger partial charge on any atom is 0.141 e. The van der Waals surface area contributed by atoms with Gasteiger partial charge in [-0.25, -0.2) is 4.98 Å². The first kappa shape index (κ1) is 16.2. The van der Waals surface area contributed by atoms with Crippen molar-refractivity contribution in [2.45, 2.75) is 84.2 Å². The van der Waals surface area contributed by atoms with Gasteiger partial charge >= 0.3 is 0 Å². The number of hydrogen-bond donors (Lipinski definition) is 2. The van der Waals surface area contributed by atoms with Gasteiger partial charge in [-0.15, -0.1) is 0 Å². The quantitative estimate of drug-likeness (QED) is 0.596. The molecule has 1 aromatic rings. The van der Waals surface area contributed by atoms with Gasteiger partial charge in [0.2, 0.25) is 0 Å². The van der Waals surface area contributed by atoms with Crippen molar-refractivity contribution in [3.05, 3.63) is 12.2 Å². The molecule has 0 amide bonds. The standard InChI is InChI=1S/C15H30N4/c1-4-6-8-10-14(11-9-7-5-2)18-13(3)15-16-12-17-19-15/h12-14,18H,4-11H2,1-3H3,(H,16,17,19). The summed E-state index contributed by atoms with van der Waals surface area (Å²) in [6.07, 6.45) is 12.0. The Morgan fingerprint density at radius 2 is 1.74 bits per heavy atom. The molecule has 0 fully saturated rings. The van der Waals surface area contributed by atoms with Crippen molar-refractivity contribution in [2.75, 3.05) is 0 Å². The van der Waals surface area contributed by atoms with Gasteiger partial charge in [-0.2, -0.15) is 5.10 Å². The SMILES string of the molecule is CCCCCC(CCCCC)NC(C)c1ncn[nH]1. The van der Waals surface area contributed by atoms with Crippen LogP contribution in [-0.4, -0.2) is 21.2 Å². The number of rotatable bonds is 11. The molecule has 0 saturated carbocycles. The summed E-state index contributed by atoms with van der Waals surface area (Å²) in [6, 6.07) is 0.869. The van der Waals surface area contributed by atoms with Crippen LogP contribution in [-0.2, 0) is 0 Å². The van der Waals surface area contributed by atoms with Gasteiger partial charge in [0, 0.05) is 6.04 Å². The van der Waals surface area contributed by atoms with E-state index in [1.807, 2.05) is 0 Å². The van der Waals surface area contributed by atoms with Crippen LogP contribution in [0.2, 0.25) is 0 Å². The van der Waals surface area contributed by atoms with Crippen molar-refractivity contribution in [3.8, 4) is 0 Å². The van der Waals surface area contributed by atoms with E-state index in [0.29, 0.717) is 6.04 Å². The van der Waals surface area contributed by atoms with Crippen LogP contribution < -0.4 is 5.32 Å². The Morgan fingerprint density at radius 3 is 2.21 bits per heavy atom. The fourth-order valence-corrected chi connectivity index (χ4v) is 2.45. The molecule has 1 rings (SSSR count). The summed E-state index contributed by atoms with van der Waals surface area (Å²) in [6.45, 7) is 6.68. The number of aromatic amines is 1. The summed E-state index contributed by atoms with van der Waals surface area (Å²) in [5, 5.41) is 10.6. The van der Waals surface area contributed by atoms with E-state index in [2.05, 4.69) is 41.3 Å². The van der Waals surface area contributed by atoms with Crippen LogP contribution in [0.1, 0.15) is 84.0 Å². The minimum absolute atomic E-state index is 0.260. The van der Waals surface area contributed by atoms with Crippen molar-refractivity contribution in [2.24, 2.45) is 0 Å². The van der Waals surface area contributed by atoms with Crippen LogP contribution in [0, 0.1) is 0 Å². The molecule has 0 aliphatic heterocycles. The zero-order valence-electron chi connectivity index (χ0n) is 12.8. The van der Waals surface area contributed by atoms with Gasteiger partial charge in [-0.05, 0) is 19.8 Å². The topological polar surface area (TPSA) is 53.6 Å². The Balaban J connectivity index is 2.37. The second-order valence-corrected chi connectivity index (χ2v) is 5.45. The highest BCUT2D eigenvalue weighted by Crippen LogP contribution is 2.15. The lowest BCUT2D eigenvalue weighted by atomic mass is 10.0. The number of unbranched alkanes of at least 4 members (excludes halogenated alkanes) is 4. The number of H-pyrrole nitrogens is 1. The van der Waals surface area contributed by atoms with E-state index in [-0.39, 0.29) is 6.04 Å². The smallest absolute Gasteiger partial charge is 0.141 e. The molecular weight excluding hydrogens is 236 g/mol. The molecule has 2 N–H and O–H groups in total. The molecule has 0 saturated heterocycles. The number of aromatic nitrogens is 3. The molecule has 0 aliphatic carbocycles. The molecular formula is C15H30N4. The molecule has 0 aliphatic rings. The largest absolute Gasteiger partial charge is 0.305 e. The van der Waals surface area contributed by atoms with Crippen LogP contribution in [0.5, 0.6) is 0 Å². The monoisotopic (exact) mass is 266 g/mol. The molecule has 4 heteroatoms. The molecule has 0 bridgehead atoms. The van der Waals surface area contributed by atoms with Crippen LogP contribution in [0.25, 0.3) is 0 Å². The van der Waals surface area contributed by atoms with E-state index in [4.69, 9.17) is 0 Å². The van der Waals surface area contributed by atoms with Crippen molar-refractivity contribution < 1.29 is 0 Å². The van der Waals surface area contributed by atoms with Gasteiger partial charge in [0.1, 0.15) is 12.2 Å². The summed E-state index contributed by atoms with van der Waals surface area (Å²) in [5.74, 6) is 0.941. The lowest BCUT2D eigenvalue weighted by Gasteiger charge is -2.22. The first-order valence-electron chi connectivity index (χ1n) is 7.89. The average Bonchev–Trinajstić information content (AvgIpc) is 2.93. The van der Waals surface area contributed by atoms with Gasteiger partial charge in [0.15, 0.2) is 0 Å². The molecule has 0 radical (unpaired) electrons. The van der Waals surface area contributed by atoms with Gasteiger partial charge in [-0.3, -0.25) is 5.10 Å². The zero-order valence-corrected chi connectivity index (χ0v) is 12.8. The molecule has 1 unspecified atom stereocenters. The third-order valence-corrected chi connectivity index (χ3v) is 3.64. The van der Waals surface area contributed by atoms with Crippen LogP contribution in [0.3, 0.4) is 0 Å². The minimum atomic E-state index is 0.260. The summed E-state index contributed by atoms with van der Waals surface area (Å²) >= 11 is 0. The summed E-state index contributed by atoms with van der Waals surface area (Å²) in [4.78, 5) is 4.23. The van der Waals surface area contributed by atoms with Crippen LogP contribution in [0.15, 0.2) is 6.33 Å². The van der Waals surface area contributed by atoms with E-state index >= 15 is 0 Å². The second kappa shape index (κ2) is 9.96. The van der Waals surface area contributed by atoms with Crippen molar-refractivity contribution in [1.82, 2.24) is 20.5 Å². The Bertz CT molecular complexity index is 287. The van der Waals surface area contributed by atoms with E-state index in [9.17, 15) is 0 Å². The lowest BCUT2D eigenvalue weighted by Crippen LogP contribution is -2.32. The highest BCUT2D eigenvalue weighted by Gasteiger charge is 2.14. The average molecular weight is 266 g/mol. The summed E-state index contributed by atoms with van der Waals surface area (Å²) < 4.78 is 0. The molecule has 1 aromatic heterocycles. The van der Waals surface area contributed by atoms with E-state index in [1.54, 1.807) is 6.33 Å². The lowest BCUT2D eigenvalue weighted by molar-refractivity contribution is 0.377. The predicted octanol–water partition coefficient (Wildman–Crippen LogP) is 3.98. The van der Waals surface area contributed by atoms with Gasteiger partial charge in [0.25, 0.3) is 0 Å². The molecule has 0 spiro atoms. The maximum atomic E-state index is 4.23. The maximum absolute atomic E-state index is 4.23. The van der Waals surface area contributed by atoms with Gasteiger partial charge in [-0.1, -0.05) is 52.4 Å². The fourth-order valence-electron chi connectivity index (χ4n) is 2.45. The Labute approximate surface area is 117 Å². The highest BCUT2D eigenvalue weighted by atomic mass is 15.2. The van der Waals surface area contributed by atoms with Crippen molar-refractivity contribution in [3.63, 3.8) is 0 Å². The second-order valence-electron chi connectivity index (χ2n) is 5.45. The van der Waals surface area contributed by atoms with Crippen molar-refractivity contribution in [1.29, 1.82) is 0 Å². The molecule has 1 atom stereocenters. The summed E-state index contributed by atoms with van der Waals surface area (Å²) in [7, 11) is 0. The van der Waals surface area contributed by atoms with E-state index < -0.39 is 0 Å². The van der Waals surface area contributed by atoms with Crippen LogP contribution >= 0.6 is 0 Å². The molecule has 19 heavy (non-hydrogen) atoms. The Morgan fingerprint density at radius 1 is 1.11 bits per heavy atom.